The molecule has 0 bridgehead atoms. The molecule has 0 aliphatic heterocycles. The second-order valence-electron chi connectivity index (χ2n) is 5.09. The van der Waals surface area contributed by atoms with Gasteiger partial charge in [0.1, 0.15) is 0 Å². The van der Waals surface area contributed by atoms with E-state index in [1.807, 2.05) is 0 Å². The van der Waals surface area contributed by atoms with Crippen molar-refractivity contribution >= 4 is 23.5 Å². The Morgan fingerprint density at radius 1 is 0.750 bits per heavy atom. The maximum absolute atomic E-state index is 12.4. The standard InChI is InChI=1S/C14H25N3O5S2/c1-15-12(20)16(4-2-8-23-10-6-18)14(22)17(13(15)21)5-3-9-24-11-7-19/h18-19H,2-11H2,1H3. The molecule has 0 radical (unpaired) electrons. The van der Waals surface area contributed by atoms with E-state index in [9.17, 15) is 14.4 Å². The van der Waals surface area contributed by atoms with E-state index in [1.54, 1.807) is 23.5 Å². The maximum Gasteiger partial charge on any atom is 0.336 e. The van der Waals surface area contributed by atoms with E-state index in [-0.39, 0.29) is 26.3 Å². The fourth-order valence-electron chi connectivity index (χ4n) is 2.12. The predicted octanol–water partition coefficient (Wildman–Crippen LogP) is -1.06. The van der Waals surface area contributed by atoms with Crippen molar-refractivity contribution in [2.24, 2.45) is 7.05 Å². The number of hydrogen-bond acceptors (Lipinski definition) is 7. The third-order valence-electron chi connectivity index (χ3n) is 3.31. The Hall–Kier alpha value is -0.970. The molecule has 0 saturated carbocycles. The van der Waals surface area contributed by atoms with Gasteiger partial charge in [0.15, 0.2) is 0 Å². The zero-order chi connectivity index (χ0) is 17.9. The highest BCUT2D eigenvalue weighted by Gasteiger charge is 2.12. The molecular weight excluding hydrogens is 354 g/mol. The molecule has 0 amide bonds. The lowest BCUT2D eigenvalue weighted by atomic mass is 10.4. The number of nitrogens with zero attached hydrogens (tertiary/aromatic N) is 3. The number of rotatable bonds is 12. The Morgan fingerprint density at radius 3 is 1.54 bits per heavy atom. The minimum atomic E-state index is -0.594. The van der Waals surface area contributed by atoms with Gasteiger partial charge in [-0.25, -0.2) is 28.1 Å². The largest absolute Gasteiger partial charge is 0.396 e. The molecule has 0 spiro atoms. The Kier molecular flexibility index (Phi) is 10.2. The Bertz CT molecular complexity index is 616. The van der Waals surface area contributed by atoms with Gasteiger partial charge in [0, 0.05) is 31.6 Å². The molecule has 138 valence electrons. The van der Waals surface area contributed by atoms with E-state index < -0.39 is 17.1 Å². The summed E-state index contributed by atoms with van der Waals surface area (Å²) in [7, 11) is 1.37. The molecule has 0 aliphatic carbocycles. The molecule has 24 heavy (non-hydrogen) atoms. The molecule has 0 fully saturated rings. The van der Waals surface area contributed by atoms with E-state index in [0.717, 1.165) is 25.2 Å². The topological polar surface area (TPSA) is 106 Å². The zero-order valence-electron chi connectivity index (χ0n) is 13.8. The van der Waals surface area contributed by atoms with Crippen LogP contribution in [0, 0.1) is 0 Å². The molecular formula is C14H25N3O5S2. The van der Waals surface area contributed by atoms with Crippen molar-refractivity contribution in [3.63, 3.8) is 0 Å². The van der Waals surface area contributed by atoms with Crippen molar-refractivity contribution in [1.29, 1.82) is 0 Å². The van der Waals surface area contributed by atoms with Crippen molar-refractivity contribution in [2.45, 2.75) is 25.9 Å². The van der Waals surface area contributed by atoms with Crippen LogP contribution in [0.1, 0.15) is 12.8 Å². The van der Waals surface area contributed by atoms with Gasteiger partial charge in [-0.3, -0.25) is 0 Å². The first kappa shape index (κ1) is 21.1. The number of thioether (sulfide) groups is 2. The van der Waals surface area contributed by atoms with E-state index in [1.165, 1.54) is 7.05 Å². The molecule has 1 aromatic heterocycles. The maximum atomic E-state index is 12.4. The molecule has 2 N–H and O–H groups in total. The highest BCUT2D eigenvalue weighted by molar-refractivity contribution is 7.99. The van der Waals surface area contributed by atoms with Crippen LogP contribution in [0.4, 0.5) is 0 Å². The van der Waals surface area contributed by atoms with Crippen molar-refractivity contribution < 1.29 is 10.2 Å². The van der Waals surface area contributed by atoms with Gasteiger partial charge >= 0.3 is 17.1 Å². The van der Waals surface area contributed by atoms with Gasteiger partial charge in [0.05, 0.1) is 13.2 Å². The van der Waals surface area contributed by atoms with Crippen LogP contribution < -0.4 is 17.1 Å². The third-order valence-corrected chi connectivity index (χ3v) is 5.41. The summed E-state index contributed by atoms with van der Waals surface area (Å²) < 4.78 is 3.16. The van der Waals surface area contributed by atoms with Crippen molar-refractivity contribution in [3.05, 3.63) is 31.5 Å². The molecule has 1 rings (SSSR count). The number of aromatic nitrogens is 3. The fraction of sp³-hybridized carbons (Fsp3) is 0.786. The minimum Gasteiger partial charge on any atom is -0.396 e. The first-order valence-corrected chi connectivity index (χ1v) is 10.1. The Labute approximate surface area is 148 Å². The van der Waals surface area contributed by atoms with E-state index >= 15 is 0 Å². The van der Waals surface area contributed by atoms with Gasteiger partial charge in [-0.2, -0.15) is 23.5 Å². The zero-order valence-corrected chi connectivity index (χ0v) is 15.5. The predicted molar refractivity (Wildman–Crippen MR) is 98.3 cm³/mol. The normalized spacial score (nSPS) is 11.1. The van der Waals surface area contributed by atoms with Crippen LogP contribution in [-0.4, -0.2) is 60.1 Å². The summed E-state index contributed by atoms with van der Waals surface area (Å²) in [6.45, 7) is 0.712. The summed E-state index contributed by atoms with van der Waals surface area (Å²) in [5, 5.41) is 17.5. The number of hydrogen-bond donors (Lipinski definition) is 2. The van der Waals surface area contributed by atoms with Crippen molar-refractivity contribution in [2.75, 3.05) is 36.2 Å². The van der Waals surface area contributed by atoms with Crippen LogP contribution >= 0.6 is 23.5 Å². The summed E-state index contributed by atoms with van der Waals surface area (Å²) in [6, 6.07) is 0. The number of aliphatic hydroxyl groups excluding tert-OH is 2. The highest BCUT2D eigenvalue weighted by Crippen LogP contribution is 2.02. The van der Waals surface area contributed by atoms with Crippen LogP contribution in [0.25, 0.3) is 0 Å². The summed E-state index contributed by atoms with van der Waals surface area (Å²) >= 11 is 3.10. The summed E-state index contributed by atoms with van der Waals surface area (Å²) in [5.74, 6) is 2.70. The van der Waals surface area contributed by atoms with Gasteiger partial charge < -0.3 is 10.2 Å². The van der Waals surface area contributed by atoms with Gasteiger partial charge in [0.2, 0.25) is 0 Å². The van der Waals surface area contributed by atoms with Crippen LogP contribution in [0.3, 0.4) is 0 Å². The second-order valence-corrected chi connectivity index (χ2v) is 7.54. The van der Waals surface area contributed by atoms with Crippen molar-refractivity contribution in [3.8, 4) is 0 Å². The average molecular weight is 380 g/mol. The van der Waals surface area contributed by atoms with Gasteiger partial charge in [0.25, 0.3) is 0 Å². The van der Waals surface area contributed by atoms with Crippen LogP contribution in [0.15, 0.2) is 14.4 Å². The minimum absolute atomic E-state index is 0.103. The summed E-state index contributed by atoms with van der Waals surface area (Å²) in [4.78, 5) is 36.7. The quantitative estimate of drug-likeness (QED) is 0.446. The molecule has 0 aromatic carbocycles. The highest BCUT2D eigenvalue weighted by atomic mass is 32.2. The van der Waals surface area contributed by atoms with Gasteiger partial charge in [-0.1, -0.05) is 0 Å². The fourth-order valence-corrected chi connectivity index (χ4v) is 3.45. The van der Waals surface area contributed by atoms with Crippen LogP contribution in [0.2, 0.25) is 0 Å². The van der Waals surface area contributed by atoms with Crippen LogP contribution in [-0.2, 0) is 20.1 Å². The van der Waals surface area contributed by atoms with E-state index in [0.29, 0.717) is 24.3 Å². The molecule has 8 nitrogen and oxygen atoms in total. The average Bonchev–Trinajstić information content (AvgIpc) is 2.58. The lowest BCUT2D eigenvalue weighted by molar-refractivity contribution is 0.322. The second kappa shape index (κ2) is 11.6. The summed E-state index contributed by atoms with van der Waals surface area (Å²) in [6.07, 6.45) is 1.23. The molecule has 0 saturated heterocycles. The lowest BCUT2D eigenvalue weighted by Crippen LogP contribution is -2.53. The van der Waals surface area contributed by atoms with E-state index in [2.05, 4.69) is 0 Å². The van der Waals surface area contributed by atoms with Crippen molar-refractivity contribution in [1.82, 2.24) is 13.7 Å². The monoisotopic (exact) mass is 379 g/mol. The lowest BCUT2D eigenvalue weighted by Gasteiger charge is -2.11. The molecule has 0 atom stereocenters. The smallest absolute Gasteiger partial charge is 0.336 e. The Balaban J connectivity index is 2.82. The third kappa shape index (κ3) is 6.15. The summed E-state index contributed by atoms with van der Waals surface area (Å²) in [5.41, 5.74) is -1.76. The van der Waals surface area contributed by atoms with Gasteiger partial charge in [-0.15, -0.1) is 0 Å². The first-order chi connectivity index (χ1) is 11.5. The first-order valence-electron chi connectivity index (χ1n) is 7.82. The van der Waals surface area contributed by atoms with Gasteiger partial charge in [-0.05, 0) is 24.3 Å². The molecule has 0 unspecified atom stereocenters. The molecule has 1 aromatic rings. The molecule has 1 heterocycles. The van der Waals surface area contributed by atoms with E-state index in [4.69, 9.17) is 10.2 Å². The van der Waals surface area contributed by atoms with Crippen LogP contribution in [0.5, 0.6) is 0 Å². The molecule has 0 aliphatic rings. The Morgan fingerprint density at radius 2 is 1.17 bits per heavy atom. The SMILES string of the molecule is Cn1c(=O)n(CCCSCCO)c(=O)n(CCCSCCO)c1=O. The molecule has 10 heteroatoms. The number of aliphatic hydroxyl groups is 2.